The average molecular weight is 274 g/mol. The van der Waals surface area contributed by atoms with E-state index >= 15 is 0 Å². The van der Waals surface area contributed by atoms with Crippen LogP contribution in [0, 0.1) is 0 Å². The fourth-order valence-electron chi connectivity index (χ4n) is 1.73. The fourth-order valence-corrected chi connectivity index (χ4v) is 3.03. The Morgan fingerprint density at radius 1 is 1.61 bits per heavy atom. The van der Waals surface area contributed by atoms with E-state index in [1.807, 2.05) is 0 Å². The van der Waals surface area contributed by atoms with E-state index in [1.54, 1.807) is 0 Å². The molecule has 0 aromatic heterocycles. The molecule has 7 heteroatoms. The topological polar surface area (TPSA) is 95.5 Å². The molecule has 0 aromatic carbocycles. The van der Waals surface area contributed by atoms with Crippen molar-refractivity contribution in [3.63, 3.8) is 0 Å². The zero-order valence-corrected chi connectivity index (χ0v) is 11.1. The standard InChI is InChI=1S/C11H18N2O4S/c1-7(14)13-9(11(16)17)6-18-8-3-2-4-12-10(15)5-8/h8-9H,2-6H2,1H3,(H,12,15)(H,13,14)(H,16,17)/t8?,9-/m0/s1. The third-order valence-corrected chi connectivity index (χ3v) is 4.01. The minimum absolute atomic E-state index is 0.0106. The highest BCUT2D eigenvalue weighted by atomic mass is 32.2. The van der Waals surface area contributed by atoms with Crippen LogP contribution in [0.4, 0.5) is 0 Å². The molecule has 1 unspecified atom stereocenters. The Labute approximate surface area is 110 Å². The Morgan fingerprint density at radius 2 is 2.33 bits per heavy atom. The number of amides is 2. The summed E-state index contributed by atoms with van der Waals surface area (Å²) in [6.07, 6.45) is 2.20. The zero-order chi connectivity index (χ0) is 13.5. The van der Waals surface area contributed by atoms with Gasteiger partial charge in [0.15, 0.2) is 0 Å². The van der Waals surface area contributed by atoms with Crippen LogP contribution >= 0.6 is 11.8 Å². The predicted octanol–water partition coefficient (Wildman–Crippen LogP) is -0.0224. The first-order chi connectivity index (χ1) is 8.49. The van der Waals surface area contributed by atoms with Gasteiger partial charge in [-0.15, -0.1) is 0 Å². The monoisotopic (exact) mass is 274 g/mol. The lowest BCUT2D eigenvalue weighted by atomic mass is 10.2. The predicted molar refractivity (Wildman–Crippen MR) is 68.3 cm³/mol. The Kier molecular flexibility index (Phi) is 5.97. The molecule has 0 spiro atoms. The van der Waals surface area contributed by atoms with Crippen molar-refractivity contribution in [2.24, 2.45) is 0 Å². The van der Waals surface area contributed by atoms with Gasteiger partial charge in [-0.1, -0.05) is 0 Å². The summed E-state index contributed by atoms with van der Waals surface area (Å²) in [4.78, 5) is 33.1. The van der Waals surface area contributed by atoms with Crippen LogP contribution in [0.25, 0.3) is 0 Å². The van der Waals surface area contributed by atoms with Crippen molar-refractivity contribution in [3.05, 3.63) is 0 Å². The molecule has 2 atom stereocenters. The maximum absolute atomic E-state index is 11.3. The van der Waals surface area contributed by atoms with Crippen molar-refractivity contribution in [2.45, 2.75) is 37.5 Å². The Balaban J connectivity index is 2.42. The molecule has 0 aliphatic carbocycles. The van der Waals surface area contributed by atoms with E-state index in [1.165, 1.54) is 18.7 Å². The number of hydrogen-bond donors (Lipinski definition) is 3. The van der Waals surface area contributed by atoms with E-state index in [0.29, 0.717) is 13.0 Å². The summed E-state index contributed by atoms with van der Waals surface area (Å²) in [5.74, 6) is -1.11. The molecular formula is C11H18N2O4S. The molecule has 0 aromatic rings. The van der Waals surface area contributed by atoms with E-state index in [4.69, 9.17) is 5.11 Å². The third kappa shape index (κ3) is 5.39. The lowest BCUT2D eigenvalue weighted by Crippen LogP contribution is -2.41. The number of carboxylic acid groups (broad SMARTS) is 1. The molecule has 2 amide bonds. The van der Waals surface area contributed by atoms with Gasteiger partial charge in [0.25, 0.3) is 0 Å². The molecule has 18 heavy (non-hydrogen) atoms. The highest BCUT2D eigenvalue weighted by molar-refractivity contribution is 8.00. The van der Waals surface area contributed by atoms with E-state index in [9.17, 15) is 14.4 Å². The fraction of sp³-hybridized carbons (Fsp3) is 0.727. The normalized spacial score (nSPS) is 21.6. The molecule has 0 bridgehead atoms. The minimum atomic E-state index is -1.05. The second kappa shape index (κ2) is 7.25. The van der Waals surface area contributed by atoms with Gasteiger partial charge in [0.1, 0.15) is 6.04 Å². The highest BCUT2D eigenvalue weighted by Gasteiger charge is 2.23. The molecule has 102 valence electrons. The number of carboxylic acids is 1. The number of thioether (sulfide) groups is 1. The summed E-state index contributed by atoms with van der Waals surface area (Å²) in [5.41, 5.74) is 0. The summed E-state index contributed by atoms with van der Waals surface area (Å²) < 4.78 is 0. The zero-order valence-electron chi connectivity index (χ0n) is 10.3. The smallest absolute Gasteiger partial charge is 0.327 e. The largest absolute Gasteiger partial charge is 0.480 e. The van der Waals surface area contributed by atoms with Crippen LogP contribution in [0.5, 0.6) is 0 Å². The van der Waals surface area contributed by atoms with Crippen molar-refractivity contribution in [3.8, 4) is 0 Å². The first-order valence-corrected chi connectivity index (χ1v) is 6.92. The van der Waals surface area contributed by atoms with Crippen molar-refractivity contribution in [1.82, 2.24) is 10.6 Å². The Hall–Kier alpha value is -1.24. The van der Waals surface area contributed by atoms with Crippen LogP contribution in [-0.2, 0) is 14.4 Å². The first kappa shape index (κ1) is 14.8. The van der Waals surface area contributed by atoms with E-state index in [0.717, 1.165) is 12.8 Å². The van der Waals surface area contributed by atoms with Gasteiger partial charge in [0.05, 0.1) is 0 Å². The quantitative estimate of drug-likeness (QED) is 0.655. The lowest BCUT2D eigenvalue weighted by molar-refractivity contribution is -0.140. The number of aliphatic carboxylic acids is 1. The second-order valence-electron chi connectivity index (χ2n) is 4.24. The van der Waals surface area contributed by atoms with Gasteiger partial charge < -0.3 is 15.7 Å². The molecular weight excluding hydrogens is 256 g/mol. The van der Waals surface area contributed by atoms with Crippen LogP contribution in [0.2, 0.25) is 0 Å². The summed E-state index contributed by atoms with van der Waals surface area (Å²) in [5, 5.41) is 14.2. The van der Waals surface area contributed by atoms with Crippen LogP contribution < -0.4 is 10.6 Å². The van der Waals surface area contributed by atoms with Gasteiger partial charge in [0.2, 0.25) is 11.8 Å². The van der Waals surface area contributed by atoms with E-state index in [2.05, 4.69) is 10.6 Å². The maximum Gasteiger partial charge on any atom is 0.327 e. The van der Waals surface area contributed by atoms with Gasteiger partial charge in [-0.25, -0.2) is 4.79 Å². The lowest BCUT2D eigenvalue weighted by Gasteiger charge is -2.17. The van der Waals surface area contributed by atoms with E-state index in [-0.39, 0.29) is 22.8 Å². The minimum Gasteiger partial charge on any atom is -0.480 e. The van der Waals surface area contributed by atoms with Gasteiger partial charge in [-0.2, -0.15) is 11.8 Å². The van der Waals surface area contributed by atoms with Gasteiger partial charge >= 0.3 is 5.97 Å². The van der Waals surface area contributed by atoms with Gasteiger partial charge in [-0.3, -0.25) is 9.59 Å². The van der Waals surface area contributed by atoms with Crippen LogP contribution in [0.1, 0.15) is 26.2 Å². The number of nitrogens with one attached hydrogen (secondary N) is 2. The average Bonchev–Trinajstić information content (AvgIpc) is 2.48. The summed E-state index contributed by atoms with van der Waals surface area (Å²) in [6, 6.07) is -0.890. The molecule has 0 radical (unpaired) electrons. The highest BCUT2D eigenvalue weighted by Crippen LogP contribution is 2.22. The van der Waals surface area contributed by atoms with E-state index < -0.39 is 12.0 Å². The molecule has 1 aliphatic rings. The maximum atomic E-state index is 11.3. The molecule has 3 N–H and O–H groups in total. The van der Waals surface area contributed by atoms with Crippen molar-refractivity contribution < 1.29 is 19.5 Å². The SMILES string of the molecule is CC(=O)N[C@@H](CSC1CCCNC(=O)C1)C(=O)O. The van der Waals surface area contributed by atoms with Crippen molar-refractivity contribution >= 4 is 29.5 Å². The molecule has 1 aliphatic heterocycles. The Bertz CT molecular complexity index is 335. The van der Waals surface area contributed by atoms with Crippen molar-refractivity contribution in [1.29, 1.82) is 0 Å². The molecule has 1 fully saturated rings. The van der Waals surface area contributed by atoms with Gasteiger partial charge in [0, 0.05) is 30.9 Å². The van der Waals surface area contributed by atoms with Gasteiger partial charge in [-0.05, 0) is 12.8 Å². The summed E-state index contributed by atoms with van der Waals surface area (Å²) >= 11 is 1.44. The molecule has 6 nitrogen and oxygen atoms in total. The number of carbonyl (C=O) groups excluding carboxylic acids is 2. The first-order valence-electron chi connectivity index (χ1n) is 5.87. The van der Waals surface area contributed by atoms with Crippen LogP contribution in [0.15, 0.2) is 0 Å². The third-order valence-electron chi connectivity index (χ3n) is 2.61. The van der Waals surface area contributed by atoms with Crippen LogP contribution in [0.3, 0.4) is 0 Å². The summed E-state index contributed by atoms with van der Waals surface area (Å²) in [7, 11) is 0. The summed E-state index contributed by atoms with van der Waals surface area (Å²) in [6.45, 7) is 1.98. The number of rotatable bonds is 5. The number of carbonyl (C=O) groups is 3. The number of hydrogen-bond acceptors (Lipinski definition) is 4. The molecule has 0 saturated carbocycles. The van der Waals surface area contributed by atoms with Crippen LogP contribution in [-0.4, -0.2) is 46.5 Å². The molecule has 1 rings (SSSR count). The molecule has 1 saturated heterocycles. The Morgan fingerprint density at radius 3 is 2.94 bits per heavy atom. The second-order valence-corrected chi connectivity index (χ2v) is 5.58. The molecule has 1 heterocycles. The van der Waals surface area contributed by atoms with Crippen molar-refractivity contribution in [2.75, 3.05) is 12.3 Å².